The molecule has 3 aromatic carbocycles. The first-order valence-corrected chi connectivity index (χ1v) is 10.5. The molecule has 0 unspecified atom stereocenters. The molecule has 0 saturated carbocycles. The van der Waals surface area contributed by atoms with Crippen molar-refractivity contribution in [2.24, 2.45) is 0 Å². The molecular formula is C26H23N3O2. The molecule has 0 bridgehead atoms. The number of carboxylic acid groups (broad SMARTS) is 1. The Hall–Kier alpha value is -3.86. The fourth-order valence-electron chi connectivity index (χ4n) is 4.24. The van der Waals surface area contributed by atoms with E-state index in [-0.39, 0.29) is 5.56 Å². The number of rotatable bonds is 6. The number of aromatic carboxylic acids is 1. The second kappa shape index (κ2) is 8.11. The number of aromatic amines is 1. The summed E-state index contributed by atoms with van der Waals surface area (Å²) in [5.41, 5.74) is 7.13. The van der Waals surface area contributed by atoms with Gasteiger partial charge < -0.3 is 10.4 Å². The molecular weight excluding hydrogens is 386 g/mol. The van der Waals surface area contributed by atoms with Crippen LogP contribution in [0, 0.1) is 0 Å². The molecule has 0 spiro atoms. The summed E-state index contributed by atoms with van der Waals surface area (Å²) in [5.74, 6) is -0.167. The number of carboxylic acids is 1. The fraction of sp³-hybridized carbons (Fsp3) is 0.154. The highest BCUT2D eigenvalue weighted by atomic mass is 16.4. The van der Waals surface area contributed by atoms with Crippen molar-refractivity contribution in [1.29, 1.82) is 0 Å². The number of carbonyl (C=O) groups is 1. The first kappa shape index (κ1) is 19.1. The van der Waals surface area contributed by atoms with Crippen LogP contribution in [0.5, 0.6) is 0 Å². The number of benzene rings is 3. The van der Waals surface area contributed by atoms with Gasteiger partial charge in [-0.2, -0.15) is 5.10 Å². The van der Waals surface area contributed by atoms with Gasteiger partial charge in [-0.3, -0.25) is 5.10 Å². The normalized spacial score (nSPS) is 13.4. The van der Waals surface area contributed by atoms with Gasteiger partial charge in [-0.05, 0) is 65.3 Å². The third-order valence-corrected chi connectivity index (χ3v) is 5.83. The molecule has 31 heavy (non-hydrogen) atoms. The summed E-state index contributed by atoms with van der Waals surface area (Å²) in [6.07, 6.45) is 5.92. The van der Waals surface area contributed by atoms with Crippen molar-refractivity contribution in [3.05, 3.63) is 89.5 Å². The monoisotopic (exact) mass is 409 g/mol. The molecule has 4 aromatic rings. The van der Waals surface area contributed by atoms with Crippen LogP contribution in [0.3, 0.4) is 0 Å². The van der Waals surface area contributed by atoms with Gasteiger partial charge in [0.2, 0.25) is 0 Å². The van der Waals surface area contributed by atoms with Crippen LogP contribution in [0.15, 0.2) is 72.8 Å². The van der Waals surface area contributed by atoms with E-state index in [4.69, 9.17) is 0 Å². The zero-order chi connectivity index (χ0) is 21.2. The number of nitrogens with zero attached hydrogens (tertiary/aromatic N) is 1. The van der Waals surface area contributed by atoms with Crippen LogP contribution >= 0.6 is 0 Å². The Morgan fingerprint density at radius 3 is 2.61 bits per heavy atom. The lowest BCUT2D eigenvalue weighted by Gasteiger charge is -2.09. The molecule has 0 amide bonds. The molecule has 5 rings (SSSR count). The molecule has 154 valence electrons. The molecule has 1 aliphatic carbocycles. The third kappa shape index (κ3) is 3.82. The quantitative estimate of drug-likeness (QED) is 0.359. The SMILES string of the molecule is O=C(O)c1cccc(CNc2n[nH]c3cccc(-c4ccc(C5=CCCC5)cc4)c23)c1. The Morgan fingerprint density at radius 2 is 1.84 bits per heavy atom. The predicted octanol–water partition coefficient (Wildman–Crippen LogP) is 6.11. The highest BCUT2D eigenvalue weighted by Gasteiger charge is 2.13. The molecule has 1 aliphatic rings. The lowest BCUT2D eigenvalue weighted by Crippen LogP contribution is -2.03. The van der Waals surface area contributed by atoms with E-state index in [1.165, 1.54) is 24.0 Å². The van der Waals surface area contributed by atoms with Crippen molar-refractivity contribution in [3.63, 3.8) is 0 Å². The van der Waals surface area contributed by atoms with E-state index in [0.717, 1.165) is 39.8 Å². The van der Waals surface area contributed by atoms with Gasteiger partial charge in [0.25, 0.3) is 0 Å². The van der Waals surface area contributed by atoms with Gasteiger partial charge in [-0.1, -0.05) is 54.6 Å². The van der Waals surface area contributed by atoms with E-state index >= 15 is 0 Å². The van der Waals surface area contributed by atoms with Crippen LogP contribution < -0.4 is 5.32 Å². The highest BCUT2D eigenvalue weighted by molar-refractivity contribution is 6.02. The van der Waals surface area contributed by atoms with E-state index in [1.54, 1.807) is 18.2 Å². The topological polar surface area (TPSA) is 78.0 Å². The van der Waals surface area contributed by atoms with Crippen molar-refractivity contribution >= 4 is 28.3 Å². The summed E-state index contributed by atoms with van der Waals surface area (Å²) < 4.78 is 0. The molecule has 5 heteroatoms. The van der Waals surface area contributed by atoms with Gasteiger partial charge in [0.15, 0.2) is 5.82 Å². The largest absolute Gasteiger partial charge is 0.478 e. The Morgan fingerprint density at radius 1 is 1.03 bits per heavy atom. The van der Waals surface area contributed by atoms with Crippen molar-refractivity contribution < 1.29 is 9.90 Å². The summed E-state index contributed by atoms with van der Waals surface area (Å²) in [7, 11) is 0. The number of nitrogens with one attached hydrogen (secondary N) is 2. The average molecular weight is 409 g/mol. The maximum atomic E-state index is 11.2. The van der Waals surface area contributed by atoms with E-state index in [9.17, 15) is 9.90 Å². The van der Waals surface area contributed by atoms with Crippen molar-refractivity contribution in [2.45, 2.75) is 25.8 Å². The highest BCUT2D eigenvalue weighted by Crippen LogP contribution is 2.34. The molecule has 0 fully saturated rings. The van der Waals surface area contributed by atoms with Gasteiger partial charge >= 0.3 is 5.97 Å². The second-order valence-electron chi connectivity index (χ2n) is 7.86. The van der Waals surface area contributed by atoms with Gasteiger partial charge in [0, 0.05) is 6.54 Å². The molecule has 5 nitrogen and oxygen atoms in total. The number of anilines is 1. The Balaban J connectivity index is 1.45. The predicted molar refractivity (Wildman–Crippen MR) is 124 cm³/mol. The lowest BCUT2D eigenvalue weighted by molar-refractivity contribution is 0.0696. The summed E-state index contributed by atoms with van der Waals surface area (Å²) in [4.78, 5) is 11.2. The van der Waals surface area contributed by atoms with E-state index < -0.39 is 5.97 Å². The number of allylic oxidation sites excluding steroid dienone is 2. The second-order valence-corrected chi connectivity index (χ2v) is 7.86. The van der Waals surface area contributed by atoms with Crippen LogP contribution in [0.2, 0.25) is 0 Å². The minimum absolute atomic E-state index is 0.282. The first-order valence-electron chi connectivity index (χ1n) is 10.5. The Kier molecular flexibility index (Phi) is 5.00. The Labute approximate surface area is 180 Å². The summed E-state index contributed by atoms with van der Waals surface area (Å²) >= 11 is 0. The minimum Gasteiger partial charge on any atom is -0.478 e. The number of fused-ring (bicyclic) bond motifs is 1. The van der Waals surface area contributed by atoms with Crippen LogP contribution in [-0.4, -0.2) is 21.3 Å². The average Bonchev–Trinajstić information content (AvgIpc) is 3.48. The maximum absolute atomic E-state index is 11.2. The third-order valence-electron chi connectivity index (χ3n) is 5.83. The zero-order valence-corrected chi connectivity index (χ0v) is 17.1. The minimum atomic E-state index is -0.925. The first-order chi connectivity index (χ1) is 15.2. The van der Waals surface area contributed by atoms with E-state index in [0.29, 0.717) is 6.54 Å². The molecule has 0 atom stereocenters. The summed E-state index contributed by atoms with van der Waals surface area (Å²) in [5, 5.41) is 21.2. The van der Waals surface area contributed by atoms with Crippen LogP contribution in [0.1, 0.15) is 40.7 Å². The summed E-state index contributed by atoms with van der Waals surface area (Å²) in [6, 6.07) is 21.9. The Bertz CT molecular complexity index is 1290. The molecule has 1 aromatic heterocycles. The molecule has 0 radical (unpaired) electrons. The maximum Gasteiger partial charge on any atom is 0.335 e. The number of hydrogen-bond donors (Lipinski definition) is 3. The van der Waals surface area contributed by atoms with Crippen LogP contribution in [-0.2, 0) is 6.54 Å². The van der Waals surface area contributed by atoms with Gasteiger partial charge in [0.05, 0.1) is 16.5 Å². The number of H-pyrrole nitrogens is 1. The van der Waals surface area contributed by atoms with Gasteiger partial charge in [0.1, 0.15) is 0 Å². The lowest BCUT2D eigenvalue weighted by atomic mass is 9.98. The molecule has 0 saturated heterocycles. The summed E-state index contributed by atoms with van der Waals surface area (Å²) in [6.45, 7) is 0.489. The van der Waals surface area contributed by atoms with Crippen molar-refractivity contribution in [3.8, 4) is 11.1 Å². The zero-order valence-electron chi connectivity index (χ0n) is 17.1. The van der Waals surface area contributed by atoms with E-state index in [2.05, 4.69) is 51.9 Å². The molecule has 1 heterocycles. The molecule has 0 aliphatic heterocycles. The standard InChI is InChI=1S/C26H23N3O2/c30-26(31)21-8-3-5-17(15-21)16-27-25-24-22(9-4-10-23(24)28-29-25)20-13-11-19(12-14-20)18-6-1-2-7-18/h3-6,8-15H,1-2,7,16H2,(H,30,31)(H2,27,28,29). The fourth-order valence-corrected chi connectivity index (χ4v) is 4.24. The van der Waals surface area contributed by atoms with Gasteiger partial charge in [-0.15, -0.1) is 0 Å². The molecule has 3 N–H and O–H groups in total. The van der Waals surface area contributed by atoms with Crippen molar-refractivity contribution in [2.75, 3.05) is 5.32 Å². The van der Waals surface area contributed by atoms with Crippen LogP contribution in [0.4, 0.5) is 5.82 Å². The van der Waals surface area contributed by atoms with Gasteiger partial charge in [-0.25, -0.2) is 4.79 Å². The van der Waals surface area contributed by atoms with Crippen LogP contribution in [0.25, 0.3) is 27.6 Å². The number of hydrogen-bond acceptors (Lipinski definition) is 3. The smallest absolute Gasteiger partial charge is 0.335 e. The van der Waals surface area contributed by atoms with Crippen molar-refractivity contribution in [1.82, 2.24) is 10.2 Å². The van der Waals surface area contributed by atoms with E-state index in [1.807, 2.05) is 18.2 Å². The number of aromatic nitrogens is 2.